The number of fused-ring (bicyclic) bond motifs is 1. The van der Waals surface area contributed by atoms with Gasteiger partial charge in [-0.3, -0.25) is 4.68 Å². The van der Waals surface area contributed by atoms with Crippen LogP contribution < -0.4 is 10.2 Å². The molecule has 0 atom stereocenters. The Bertz CT molecular complexity index is 820. The van der Waals surface area contributed by atoms with E-state index in [1.54, 1.807) is 0 Å². The van der Waals surface area contributed by atoms with E-state index in [-0.39, 0.29) is 12.4 Å². The normalized spacial score (nSPS) is 10.9. The third-order valence-electron chi connectivity index (χ3n) is 4.32. The van der Waals surface area contributed by atoms with Crippen LogP contribution in [0.1, 0.15) is 17.7 Å². The highest BCUT2D eigenvalue weighted by Gasteiger charge is 2.14. The van der Waals surface area contributed by atoms with Gasteiger partial charge in [0.2, 0.25) is 0 Å². The molecule has 0 aliphatic rings. The number of halogens is 1. The van der Waals surface area contributed by atoms with Gasteiger partial charge in [-0.2, -0.15) is 5.10 Å². The summed E-state index contributed by atoms with van der Waals surface area (Å²) in [6, 6.07) is 8.27. The first-order chi connectivity index (χ1) is 11.6. The lowest BCUT2D eigenvalue weighted by Crippen LogP contribution is -2.20. The van der Waals surface area contributed by atoms with Gasteiger partial charge in [-0.05, 0) is 32.0 Å². The van der Waals surface area contributed by atoms with Crippen LogP contribution in [0.5, 0.6) is 0 Å². The van der Waals surface area contributed by atoms with E-state index in [2.05, 4.69) is 64.1 Å². The first-order valence-electron chi connectivity index (χ1n) is 8.38. The van der Waals surface area contributed by atoms with Gasteiger partial charge < -0.3 is 14.8 Å². The number of hydrogen-bond donors (Lipinski definition) is 1. The zero-order valence-corrected chi connectivity index (χ0v) is 16.2. The summed E-state index contributed by atoms with van der Waals surface area (Å²) in [6.45, 7) is 4.85. The van der Waals surface area contributed by atoms with E-state index in [1.165, 1.54) is 16.9 Å². The van der Waals surface area contributed by atoms with Crippen molar-refractivity contribution in [3.05, 3.63) is 41.9 Å². The molecule has 0 aliphatic heterocycles. The molecule has 1 N–H and O–H groups in total. The Morgan fingerprint density at radius 3 is 2.72 bits per heavy atom. The van der Waals surface area contributed by atoms with E-state index in [0.717, 1.165) is 37.3 Å². The van der Waals surface area contributed by atoms with Crippen molar-refractivity contribution < 1.29 is 0 Å². The smallest absolute Gasteiger partial charge is 0.130 e. The van der Waals surface area contributed by atoms with E-state index in [0.29, 0.717) is 0 Å². The van der Waals surface area contributed by atoms with E-state index in [4.69, 9.17) is 0 Å². The Hall–Kier alpha value is -2.05. The molecule has 136 valence electrons. The largest absolute Gasteiger partial charge is 0.363 e. The molecule has 1 aromatic carbocycles. The van der Waals surface area contributed by atoms with Gasteiger partial charge >= 0.3 is 0 Å². The number of aryl methyl sites for hydroxylation is 3. The molecule has 2 aromatic heterocycles. The fraction of sp³-hybridized carbons (Fsp3) is 0.444. The molecule has 0 unspecified atom stereocenters. The maximum absolute atomic E-state index is 4.53. The highest BCUT2D eigenvalue weighted by atomic mass is 35.5. The van der Waals surface area contributed by atoms with E-state index >= 15 is 0 Å². The molecule has 2 heterocycles. The van der Waals surface area contributed by atoms with Crippen molar-refractivity contribution in [3.8, 4) is 0 Å². The highest BCUT2D eigenvalue weighted by molar-refractivity contribution is 5.85. The van der Waals surface area contributed by atoms with Crippen LogP contribution in [-0.4, -0.2) is 40.0 Å². The van der Waals surface area contributed by atoms with Crippen LogP contribution >= 0.6 is 12.4 Å². The SMILES string of the molecule is Cc1nn(C)c(N(C)C)c1CNCCCn1cnc2ccccc21.Cl. The fourth-order valence-corrected chi connectivity index (χ4v) is 3.23. The van der Waals surface area contributed by atoms with Crippen LogP contribution in [0.4, 0.5) is 5.82 Å². The monoisotopic (exact) mass is 362 g/mol. The Morgan fingerprint density at radius 2 is 1.96 bits per heavy atom. The molecule has 0 fully saturated rings. The second-order valence-corrected chi connectivity index (χ2v) is 6.36. The molecule has 0 radical (unpaired) electrons. The van der Waals surface area contributed by atoms with Crippen LogP contribution in [-0.2, 0) is 20.1 Å². The van der Waals surface area contributed by atoms with Crippen LogP contribution in [0.25, 0.3) is 11.0 Å². The molecule has 3 aromatic rings. The molecule has 0 saturated carbocycles. The molecular formula is C18H27ClN6. The quantitative estimate of drug-likeness (QED) is 0.656. The predicted octanol–water partition coefficient (Wildman–Crippen LogP) is 2.75. The lowest BCUT2D eigenvalue weighted by molar-refractivity contribution is 0.587. The van der Waals surface area contributed by atoms with Gasteiger partial charge in [0.15, 0.2) is 0 Å². The molecule has 0 spiro atoms. The Balaban J connectivity index is 0.00000225. The van der Waals surface area contributed by atoms with Crippen molar-refractivity contribution in [2.24, 2.45) is 7.05 Å². The van der Waals surface area contributed by atoms with E-state index in [9.17, 15) is 0 Å². The van der Waals surface area contributed by atoms with E-state index in [1.807, 2.05) is 24.1 Å². The number of para-hydroxylation sites is 2. The minimum atomic E-state index is 0. The second-order valence-electron chi connectivity index (χ2n) is 6.36. The van der Waals surface area contributed by atoms with Crippen LogP contribution in [0.15, 0.2) is 30.6 Å². The molecule has 6 nitrogen and oxygen atoms in total. The minimum Gasteiger partial charge on any atom is -0.363 e. The second kappa shape index (κ2) is 8.36. The molecule has 7 heteroatoms. The van der Waals surface area contributed by atoms with Crippen molar-refractivity contribution >= 4 is 29.3 Å². The fourth-order valence-electron chi connectivity index (χ4n) is 3.23. The summed E-state index contributed by atoms with van der Waals surface area (Å²) in [5, 5.41) is 8.08. The summed E-state index contributed by atoms with van der Waals surface area (Å²) in [7, 11) is 6.12. The van der Waals surface area contributed by atoms with Gasteiger partial charge in [0.1, 0.15) is 5.82 Å². The maximum Gasteiger partial charge on any atom is 0.130 e. The average Bonchev–Trinajstić information content (AvgIpc) is 3.08. The van der Waals surface area contributed by atoms with Gasteiger partial charge in [-0.1, -0.05) is 12.1 Å². The van der Waals surface area contributed by atoms with Crippen LogP contribution in [0.3, 0.4) is 0 Å². The van der Waals surface area contributed by atoms with Gasteiger partial charge in [-0.25, -0.2) is 4.98 Å². The summed E-state index contributed by atoms with van der Waals surface area (Å²) in [6.07, 6.45) is 3.00. The lowest BCUT2D eigenvalue weighted by atomic mass is 10.2. The molecule has 25 heavy (non-hydrogen) atoms. The first-order valence-corrected chi connectivity index (χ1v) is 8.38. The molecule has 0 saturated heterocycles. The van der Waals surface area contributed by atoms with Gasteiger partial charge in [0, 0.05) is 39.8 Å². The third-order valence-corrected chi connectivity index (χ3v) is 4.32. The molecule has 3 rings (SSSR count). The van der Waals surface area contributed by atoms with Gasteiger partial charge in [0.25, 0.3) is 0 Å². The van der Waals surface area contributed by atoms with E-state index < -0.39 is 0 Å². The zero-order chi connectivity index (χ0) is 17.1. The summed E-state index contributed by atoms with van der Waals surface area (Å²) in [5.41, 5.74) is 4.63. The topological polar surface area (TPSA) is 50.9 Å². The number of benzene rings is 1. The van der Waals surface area contributed by atoms with Crippen molar-refractivity contribution in [2.75, 3.05) is 25.5 Å². The summed E-state index contributed by atoms with van der Waals surface area (Å²) in [4.78, 5) is 6.56. The number of hydrogen-bond acceptors (Lipinski definition) is 4. The number of rotatable bonds is 7. The standard InChI is InChI=1S/C18H26N6.ClH/c1-14-15(18(22(2)3)23(4)21-14)12-19-10-7-11-24-13-20-16-8-5-6-9-17(16)24;/h5-6,8-9,13,19H,7,10-12H2,1-4H3;1H. The molecule has 0 bridgehead atoms. The Labute approximate surface area is 155 Å². The lowest BCUT2D eigenvalue weighted by Gasteiger charge is -2.15. The molecular weight excluding hydrogens is 336 g/mol. The third kappa shape index (κ3) is 4.14. The van der Waals surface area contributed by atoms with Gasteiger partial charge in [0.05, 0.1) is 23.1 Å². The first kappa shape index (κ1) is 19.3. The minimum absolute atomic E-state index is 0. The number of anilines is 1. The average molecular weight is 363 g/mol. The Kier molecular flexibility index (Phi) is 6.45. The molecule has 0 amide bonds. The van der Waals surface area contributed by atoms with Crippen molar-refractivity contribution in [3.63, 3.8) is 0 Å². The Morgan fingerprint density at radius 1 is 1.20 bits per heavy atom. The number of aromatic nitrogens is 4. The molecule has 0 aliphatic carbocycles. The number of nitrogens with zero attached hydrogens (tertiary/aromatic N) is 5. The van der Waals surface area contributed by atoms with Gasteiger partial charge in [-0.15, -0.1) is 12.4 Å². The number of nitrogens with one attached hydrogen (secondary N) is 1. The number of imidazole rings is 1. The zero-order valence-electron chi connectivity index (χ0n) is 15.4. The summed E-state index contributed by atoms with van der Waals surface area (Å²) >= 11 is 0. The van der Waals surface area contributed by atoms with Crippen molar-refractivity contribution in [1.82, 2.24) is 24.6 Å². The highest BCUT2D eigenvalue weighted by Crippen LogP contribution is 2.20. The van der Waals surface area contributed by atoms with Crippen LogP contribution in [0.2, 0.25) is 0 Å². The van der Waals surface area contributed by atoms with Crippen molar-refractivity contribution in [1.29, 1.82) is 0 Å². The van der Waals surface area contributed by atoms with Crippen LogP contribution in [0, 0.1) is 6.92 Å². The summed E-state index contributed by atoms with van der Waals surface area (Å²) < 4.78 is 4.17. The van der Waals surface area contributed by atoms with Crippen molar-refractivity contribution in [2.45, 2.75) is 26.4 Å². The predicted molar refractivity (Wildman–Crippen MR) is 106 cm³/mol. The summed E-state index contributed by atoms with van der Waals surface area (Å²) in [5.74, 6) is 1.17. The maximum atomic E-state index is 4.53.